The van der Waals surface area contributed by atoms with Crippen molar-refractivity contribution in [3.05, 3.63) is 71.9 Å². The molecule has 1 amide bonds. The third-order valence-corrected chi connectivity index (χ3v) is 4.03. The maximum absolute atomic E-state index is 12.1. The Morgan fingerprint density at radius 2 is 2.00 bits per heavy atom. The second kappa shape index (κ2) is 6.16. The van der Waals surface area contributed by atoms with Gasteiger partial charge < -0.3 is 14.6 Å². The molecule has 1 aromatic carbocycles. The molecule has 1 N–H and O–H groups in total. The highest BCUT2D eigenvalue weighted by Crippen LogP contribution is 2.31. The second-order valence-electron chi connectivity index (χ2n) is 5.56. The minimum Gasteiger partial charge on any atom is -0.467 e. The summed E-state index contributed by atoms with van der Waals surface area (Å²) in [4.78, 5) is 22.9. The van der Waals surface area contributed by atoms with Crippen molar-refractivity contribution in [2.24, 2.45) is 0 Å². The molecule has 120 valence electrons. The van der Waals surface area contributed by atoms with Crippen LogP contribution >= 0.6 is 0 Å². The summed E-state index contributed by atoms with van der Waals surface area (Å²) in [6, 6.07) is 11.8. The average Bonchev–Trinajstić information content (AvgIpc) is 3.29. The number of furan rings is 1. The van der Waals surface area contributed by atoms with Gasteiger partial charge in [-0.2, -0.15) is 0 Å². The highest BCUT2D eigenvalue weighted by molar-refractivity contribution is 5.93. The standard InChI is InChI=1S/C18H16N4O2/c23-17(19-12-15-5-3-9-24-15)14-10-20-18(21-11-14)22-8-7-13-4-1-2-6-16(13)22/h1-6,9-11H,7-8,12H2,(H,19,23). The van der Waals surface area contributed by atoms with Crippen LogP contribution in [0.2, 0.25) is 0 Å². The van der Waals surface area contributed by atoms with Gasteiger partial charge in [0.15, 0.2) is 0 Å². The smallest absolute Gasteiger partial charge is 0.254 e. The molecule has 2 aromatic heterocycles. The number of benzene rings is 1. The summed E-state index contributed by atoms with van der Waals surface area (Å²) in [5, 5.41) is 2.78. The molecule has 1 aliphatic heterocycles. The molecule has 0 aliphatic carbocycles. The first-order valence-electron chi connectivity index (χ1n) is 7.79. The van der Waals surface area contributed by atoms with Gasteiger partial charge in [-0.3, -0.25) is 4.79 Å². The van der Waals surface area contributed by atoms with Gasteiger partial charge in [0.05, 0.1) is 18.4 Å². The van der Waals surface area contributed by atoms with E-state index in [0.29, 0.717) is 23.8 Å². The van der Waals surface area contributed by atoms with E-state index < -0.39 is 0 Å². The first kappa shape index (κ1) is 14.4. The summed E-state index contributed by atoms with van der Waals surface area (Å²) in [7, 11) is 0. The lowest BCUT2D eigenvalue weighted by Gasteiger charge is -2.16. The van der Waals surface area contributed by atoms with Crippen LogP contribution in [0.25, 0.3) is 0 Å². The Bertz CT molecular complexity index is 844. The molecule has 24 heavy (non-hydrogen) atoms. The van der Waals surface area contributed by atoms with Gasteiger partial charge in [-0.15, -0.1) is 0 Å². The zero-order valence-corrected chi connectivity index (χ0v) is 13.0. The Morgan fingerprint density at radius 1 is 1.17 bits per heavy atom. The molecule has 3 heterocycles. The molecular weight excluding hydrogens is 304 g/mol. The zero-order valence-electron chi connectivity index (χ0n) is 13.0. The van der Waals surface area contributed by atoms with E-state index in [-0.39, 0.29) is 5.91 Å². The maximum Gasteiger partial charge on any atom is 0.254 e. The van der Waals surface area contributed by atoms with Gasteiger partial charge in [-0.05, 0) is 30.2 Å². The van der Waals surface area contributed by atoms with Crippen molar-refractivity contribution in [3.63, 3.8) is 0 Å². The van der Waals surface area contributed by atoms with Gasteiger partial charge in [0.1, 0.15) is 5.76 Å². The molecule has 0 saturated carbocycles. The van der Waals surface area contributed by atoms with Crippen molar-refractivity contribution < 1.29 is 9.21 Å². The largest absolute Gasteiger partial charge is 0.467 e. The third-order valence-electron chi connectivity index (χ3n) is 4.03. The van der Waals surface area contributed by atoms with Crippen molar-refractivity contribution in [2.75, 3.05) is 11.4 Å². The van der Waals surface area contributed by atoms with Crippen molar-refractivity contribution >= 4 is 17.5 Å². The van der Waals surface area contributed by atoms with Gasteiger partial charge in [0, 0.05) is 24.6 Å². The van der Waals surface area contributed by atoms with Gasteiger partial charge in [-0.25, -0.2) is 9.97 Å². The summed E-state index contributed by atoms with van der Waals surface area (Å²) in [6.07, 6.45) is 5.67. The van der Waals surface area contributed by atoms with E-state index in [1.807, 2.05) is 18.2 Å². The van der Waals surface area contributed by atoms with Crippen LogP contribution < -0.4 is 10.2 Å². The molecule has 0 saturated heterocycles. The molecule has 0 atom stereocenters. The Kier molecular flexibility index (Phi) is 3.70. The summed E-state index contributed by atoms with van der Waals surface area (Å²) in [5.41, 5.74) is 2.85. The van der Waals surface area contributed by atoms with E-state index in [2.05, 4.69) is 32.3 Å². The molecular formula is C18H16N4O2. The Balaban J connectivity index is 1.46. The molecule has 0 fully saturated rings. The number of nitrogens with zero attached hydrogens (tertiary/aromatic N) is 3. The first-order chi connectivity index (χ1) is 11.8. The number of nitrogens with one attached hydrogen (secondary N) is 1. The zero-order chi connectivity index (χ0) is 16.4. The van der Waals surface area contributed by atoms with Crippen LogP contribution in [0, 0.1) is 0 Å². The number of aromatic nitrogens is 2. The predicted molar refractivity (Wildman–Crippen MR) is 89.1 cm³/mol. The van der Waals surface area contributed by atoms with Crippen LogP contribution in [0.1, 0.15) is 21.7 Å². The van der Waals surface area contributed by atoms with E-state index in [9.17, 15) is 4.79 Å². The molecule has 6 nitrogen and oxygen atoms in total. The topological polar surface area (TPSA) is 71.3 Å². The number of carbonyl (C=O) groups is 1. The Hall–Kier alpha value is -3.15. The van der Waals surface area contributed by atoms with Crippen molar-refractivity contribution in [2.45, 2.75) is 13.0 Å². The summed E-state index contributed by atoms with van der Waals surface area (Å²) in [5.74, 6) is 1.09. The molecule has 1 aliphatic rings. The van der Waals surface area contributed by atoms with E-state index in [4.69, 9.17) is 4.42 Å². The SMILES string of the molecule is O=C(NCc1ccco1)c1cnc(N2CCc3ccccc32)nc1. The lowest BCUT2D eigenvalue weighted by molar-refractivity contribution is 0.0947. The van der Waals surface area contributed by atoms with Crippen LogP contribution in [-0.4, -0.2) is 22.4 Å². The number of carbonyl (C=O) groups excluding carboxylic acids is 1. The highest BCUT2D eigenvalue weighted by atomic mass is 16.3. The van der Waals surface area contributed by atoms with Crippen LogP contribution in [0.3, 0.4) is 0 Å². The fourth-order valence-electron chi connectivity index (χ4n) is 2.81. The number of anilines is 2. The summed E-state index contributed by atoms with van der Waals surface area (Å²) in [6.45, 7) is 1.19. The molecule has 0 unspecified atom stereocenters. The Morgan fingerprint density at radius 3 is 2.79 bits per heavy atom. The van der Waals surface area contributed by atoms with E-state index in [1.165, 1.54) is 5.56 Å². The van der Waals surface area contributed by atoms with Crippen molar-refractivity contribution in [3.8, 4) is 0 Å². The highest BCUT2D eigenvalue weighted by Gasteiger charge is 2.21. The molecule has 3 aromatic rings. The Labute approximate surface area is 139 Å². The monoisotopic (exact) mass is 320 g/mol. The van der Waals surface area contributed by atoms with E-state index in [0.717, 1.165) is 18.7 Å². The van der Waals surface area contributed by atoms with Gasteiger partial charge in [-0.1, -0.05) is 18.2 Å². The number of hydrogen-bond acceptors (Lipinski definition) is 5. The summed E-state index contributed by atoms with van der Waals surface area (Å²) >= 11 is 0. The lowest BCUT2D eigenvalue weighted by Crippen LogP contribution is -2.23. The molecule has 0 radical (unpaired) electrons. The van der Waals surface area contributed by atoms with Gasteiger partial charge in [0.2, 0.25) is 5.95 Å². The number of para-hydroxylation sites is 1. The number of rotatable bonds is 4. The lowest BCUT2D eigenvalue weighted by atomic mass is 10.2. The van der Waals surface area contributed by atoms with E-state index in [1.54, 1.807) is 24.7 Å². The third kappa shape index (κ3) is 2.74. The fraction of sp³-hybridized carbons (Fsp3) is 0.167. The fourth-order valence-corrected chi connectivity index (χ4v) is 2.81. The average molecular weight is 320 g/mol. The first-order valence-corrected chi connectivity index (χ1v) is 7.79. The van der Waals surface area contributed by atoms with E-state index >= 15 is 0 Å². The normalized spacial score (nSPS) is 12.9. The second-order valence-corrected chi connectivity index (χ2v) is 5.56. The number of hydrogen-bond donors (Lipinski definition) is 1. The van der Waals surface area contributed by atoms with Crippen LogP contribution in [0.5, 0.6) is 0 Å². The van der Waals surface area contributed by atoms with Gasteiger partial charge >= 0.3 is 0 Å². The van der Waals surface area contributed by atoms with Crippen molar-refractivity contribution in [1.82, 2.24) is 15.3 Å². The molecule has 0 spiro atoms. The van der Waals surface area contributed by atoms with Crippen LogP contribution in [0.4, 0.5) is 11.6 Å². The predicted octanol–water partition coefficient (Wildman–Crippen LogP) is 2.69. The number of fused-ring (bicyclic) bond motifs is 1. The summed E-state index contributed by atoms with van der Waals surface area (Å²) < 4.78 is 5.19. The maximum atomic E-state index is 12.1. The molecule has 0 bridgehead atoms. The van der Waals surface area contributed by atoms with Crippen molar-refractivity contribution in [1.29, 1.82) is 0 Å². The van der Waals surface area contributed by atoms with Gasteiger partial charge in [0.25, 0.3) is 5.91 Å². The number of amides is 1. The van der Waals surface area contributed by atoms with Crippen LogP contribution in [0.15, 0.2) is 59.5 Å². The van der Waals surface area contributed by atoms with Crippen LogP contribution in [-0.2, 0) is 13.0 Å². The quantitative estimate of drug-likeness (QED) is 0.800. The molecule has 4 rings (SSSR count). The minimum absolute atomic E-state index is 0.222. The minimum atomic E-state index is -0.222. The molecule has 6 heteroatoms.